The van der Waals surface area contributed by atoms with E-state index in [9.17, 15) is 14.4 Å². The second-order valence-electron chi connectivity index (χ2n) is 8.10. The number of nitrogens with one attached hydrogen (secondary N) is 2. The van der Waals surface area contributed by atoms with Crippen LogP contribution in [0.1, 0.15) is 41.7 Å². The minimum atomic E-state index is -0.308. The van der Waals surface area contributed by atoms with Crippen molar-refractivity contribution < 1.29 is 14.4 Å². The Morgan fingerprint density at radius 3 is 2.42 bits per heavy atom. The molecule has 7 nitrogen and oxygen atoms in total. The van der Waals surface area contributed by atoms with Gasteiger partial charge in [-0.2, -0.15) is 0 Å². The van der Waals surface area contributed by atoms with Gasteiger partial charge in [-0.3, -0.25) is 9.59 Å². The van der Waals surface area contributed by atoms with Gasteiger partial charge >= 0.3 is 6.03 Å². The highest BCUT2D eigenvalue weighted by Gasteiger charge is 2.29. The lowest BCUT2D eigenvalue weighted by molar-refractivity contribution is -0.121. The fourth-order valence-electron chi connectivity index (χ4n) is 3.77. The largest absolute Gasteiger partial charge is 0.345 e. The number of hydrogen-bond donors (Lipinski definition) is 2. The summed E-state index contributed by atoms with van der Waals surface area (Å²) in [4.78, 5) is 41.3. The number of hydrogen-bond acceptors (Lipinski definition) is 3. The van der Waals surface area contributed by atoms with Gasteiger partial charge in [0.05, 0.1) is 23.2 Å². The topological polar surface area (TPSA) is 81.8 Å². The Kier molecular flexibility index (Phi) is 7.28. The molecule has 0 bridgehead atoms. The summed E-state index contributed by atoms with van der Waals surface area (Å²) in [6.45, 7) is 2.95. The van der Waals surface area contributed by atoms with Crippen LogP contribution in [0, 0.1) is 5.92 Å². The molecular weight excluding hydrogens is 392 g/mol. The zero-order valence-electron chi connectivity index (χ0n) is 18.3. The lowest BCUT2D eigenvalue weighted by atomic mass is 9.97. The first kappa shape index (κ1) is 22.3. The first-order valence-electron chi connectivity index (χ1n) is 10.6. The Morgan fingerprint density at radius 2 is 1.71 bits per heavy atom. The van der Waals surface area contributed by atoms with E-state index in [0.717, 1.165) is 12.0 Å². The molecule has 0 saturated carbocycles. The van der Waals surface area contributed by atoms with Gasteiger partial charge in [-0.25, -0.2) is 4.79 Å². The average Bonchev–Trinajstić information content (AvgIpc) is 2.79. The van der Waals surface area contributed by atoms with Crippen LogP contribution in [0.5, 0.6) is 0 Å². The number of carbonyl (C=O) groups excluding carboxylic acids is 3. The Morgan fingerprint density at radius 1 is 1.03 bits per heavy atom. The maximum absolute atomic E-state index is 12.9. The molecule has 1 heterocycles. The van der Waals surface area contributed by atoms with Gasteiger partial charge in [0.15, 0.2) is 0 Å². The molecule has 1 aliphatic rings. The SMILES string of the molecule is C[C@H](NC(=O)c1ccccc1NC(=O)[C@H]1CCCN(C(=O)N(C)C)C1)c1ccccc1. The van der Waals surface area contributed by atoms with Crippen LogP contribution in [-0.2, 0) is 4.79 Å². The number of nitrogens with zero attached hydrogens (tertiary/aromatic N) is 2. The normalized spacial score (nSPS) is 16.9. The number of piperidine rings is 1. The molecule has 1 aliphatic heterocycles. The zero-order chi connectivity index (χ0) is 22.4. The van der Waals surface area contributed by atoms with Crippen LogP contribution in [0.3, 0.4) is 0 Å². The molecule has 2 aromatic rings. The minimum Gasteiger partial charge on any atom is -0.345 e. The number of urea groups is 1. The van der Waals surface area contributed by atoms with Crippen molar-refractivity contribution in [2.24, 2.45) is 5.92 Å². The van der Waals surface area contributed by atoms with Gasteiger partial charge in [-0.1, -0.05) is 42.5 Å². The Hall–Kier alpha value is -3.35. The number of likely N-dealkylation sites (tertiary alicyclic amines) is 1. The summed E-state index contributed by atoms with van der Waals surface area (Å²) in [6, 6.07) is 16.4. The molecule has 1 fully saturated rings. The number of para-hydroxylation sites is 1. The van der Waals surface area contributed by atoms with Crippen molar-refractivity contribution in [3.05, 3.63) is 65.7 Å². The summed E-state index contributed by atoms with van der Waals surface area (Å²) < 4.78 is 0. The van der Waals surface area contributed by atoms with Crippen LogP contribution in [0.25, 0.3) is 0 Å². The van der Waals surface area contributed by atoms with Gasteiger partial charge in [0.1, 0.15) is 0 Å². The molecule has 0 spiro atoms. The maximum atomic E-state index is 12.9. The van der Waals surface area contributed by atoms with Gasteiger partial charge in [-0.05, 0) is 37.5 Å². The smallest absolute Gasteiger partial charge is 0.319 e. The van der Waals surface area contributed by atoms with Crippen molar-refractivity contribution in [2.45, 2.75) is 25.8 Å². The molecule has 0 aromatic heterocycles. The van der Waals surface area contributed by atoms with E-state index in [1.165, 1.54) is 4.90 Å². The molecule has 1 saturated heterocycles. The van der Waals surface area contributed by atoms with E-state index in [4.69, 9.17) is 0 Å². The van der Waals surface area contributed by atoms with Crippen molar-refractivity contribution in [1.82, 2.24) is 15.1 Å². The molecule has 2 atom stereocenters. The molecule has 0 unspecified atom stereocenters. The van der Waals surface area contributed by atoms with E-state index in [2.05, 4.69) is 10.6 Å². The molecule has 0 aliphatic carbocycles. The molecule has 0 radical (unpaired) electrons. The van der Waals surface area contributed by atoms with Gasteiger partial charge < -0.3 is 20.4 Å². The van der Waals surface area contributed by atoms with E-state index in [0.29, 0.717) is 30.8 Å². The molecule has 164 valence electrons. The number of carbonyl (C=O) groups is 3. The number of amides is 4. The quantitative estimate of drug-likeness (QED) is 0.774. The third-order valence-electron chi connectivity index (χ3n) is 5.52. The standard InChI is InChI=1S/C24H30N4O3/c1-17(18-10-5-4-6-11-18)25-23(30)20-13-7-8-14-21(20)26-22(29)19-12-9-15-28(16-19)24(31)27(2)3/h4-8,10-11,13-14,17,19H,9,12,15-16H2,1-3H3,(H,25,30)(H,26,29)/t17-,19-/m0/s1. The second-order valence-corrected chi connectivity index (χ2v) is 8.10. The third-order valence-corrected chi connectivity index (χ3v) is 5.52. The third kappa shape index (κ3) is 5.63. The number of benzene rings is 2. The van der Waals surface area contributed by atoms with E-state index in [1.54, 1.807) is 43.3 Å². The molecule has 2 aromatic carbocycles. The van der Waals surface area contributed by atoms with E-state index < -0.39 is 0 Å². The highest BCUT2D eigenvalue weighted by atomic mass is 16.2. The van der Waals surface area contributed by atoms with Crippen LogP contribution >= 0.6 is 0 Å². The second kappa shape index (κ2) is 10.1. The summed E-state index contributed by atoms with van der Waals surface area (Å²) in [5, 5.41) is 5.90. The molecule has 3 rings (SSSR count). The fraction of sp³-hybridized carbons (Fsp3) is 0.375. The van der Waals surface area contributed by atoms with Crippen LogP contribution in [0.15, 0.2) is 54.6 Å². The molecule has 7 heteroatoms. The van der Waals surface area contributed by atoms with Gasteiger partial charge in [0.2, 0.25) is 5.91 Å². The monoisotopic (exact) mass is 422 g/mol. The Bertz CT molecular complexity index is 929. The summed E-state index contributed by atoms with van der Waals surface area (Å²) in [5.74, 6) is -0.732. The van der Waals surface area contributed by atoms with Crippen molar-refractivity contribution in [3.63, 3.8) is 0 Å². The first-order chi connectivity index (χ1) is 14.9. The van der Waals surface area contributed by atoms with Crippen molar-refractivity contribution >= 4 is 23.5 Å². The van der Waals surface area contributed by atoms with Crippen LogP contribution in [0.2, 0.25) is 0 Å². The molecule has 4 amide bonds. The van der Waals surface area contributed by atoms with Gasteiger partial charge in [0.25, 0.3) is 5.91 Å². The summed E-state index contributed by atoms with van der Waals surface area (Å²) >= 11 is 0. The highest BCUT2D eigenvalue weighted by molar-refractivity contribution is 6.04. The number of rotatable bonds is 5. The Labute approximate surface area is 183 Å². The predicted molar refractivity (Wildman–Crippen MR) is 121 cm³/mol. The van der Waals surface area contributed by atoms with E-state index >= 15 is 0 Å². The summed E-state index contributed by atoms with van der Waals surface area (Å²) in [5.41, 5.74) is 1.89. The predicted octanol–water partition coefficient (Wildman–Crippen LogP) is 3.51. The van der Waals surface area contributed by atoms with E-state index in [-0.39, 0.29) is 29.8 Å². The maximum Gasteiger partial charge on any atom is 0.319 e. The summed E-state index contributed by atoms with van der Waals surface area (Å²) in [7, 11) is 3.41. The van der Waals surface area contributed by atoms with Crippen molar-refractivity contribution in [2.75, 3.05) is 32.5 Å². The van der Waals surface area contributed by atoms with Gasteiger partial charge in [-0.15, -0.1) is 0 Å². The Balaban J connectivity index is 1.68. The molecule has 2 N–H and O–H groups in total. The lowest BCUT2D eigenvalue weighted by Crippen LogP contribution is -2.47. The zero-order valence-corrected chi connectivity index (χ0v) is 18.3. The summed E-state index contributed by atoms with van der Waals surface area (Å²) in [6.07, 6.45) is 1.48. The number of anilines is 1. The van der Waals surface area contributed by atoms with Crippen LogP contribution in [-0.4, -0.2) is 54.8 Å². The molecule has 31 heavy (non-hydrogen) atoms. The first-order valence-corrected chi connectivity index (χ1v) is 10.6. The van der Waals surface area contributed by atoms with Crippen molar-refractivity contribution in [1.29, 1.82) is 0 Å². The van der Waals surface area contributed by atoms with Crippen LogP contribution < -0.4 is 10.6 Å². The minimum absolute atomic E-state index is 0.0906. The fourth-order valence-corrected chi connectivity index (χ4v) is 3.77. The molecular formula is C24H30N4O3. The average molecular weight is 423 g/mol. The van der Waals surface area contributed by atoms with E-state index in [1.807, 2.05) is 37.3 Å². The van der Waals surface area contributed by atoms with Gasteiger partial charge in [0, 0.05) is 27.2 Å². The van der Waals surface area contributed by atoms with Crippen molar-refractivity contribution in [3.8, 4) is 0 Å². The highest BCUT2D eigenvalue weighted by Crippen LogP contribution is 2.22. The van der Waals surface area contributed by atoms with Crippen LogP contribution in [0.4, 0.5) is 10.5 Å². The lowest BCUT2D eigenvalue weighted by Gasteiger charge is -2.33.